The number of nitrogens with zero attached hydrogens (tertiary/aromatic N) is 2. The first-order valence-corrected chi connectivity index (χ1v) is 10.8. The summed E-state index contributed by atoms with van der Waals surface area (Å²) in [5.41, 5.74) is 0. The lowest BCUT2D eigenvalue weighted by atomic mass is 10.1. The second kappa shape index (κ2) is 8.86. The number of para-hydroxylation sites is 2. The van der Waals surface area contributed by atoms with Gasteiger partial charge in [0.05, 0.1) is 5.25 Å². The predicted molar refractivity (Wildman–Crippen MR) is 105 cm³/mol. The van der Waals surface area contributed by atoms with Gasteiger partial charge in [0.25, 0.3) is 11.1 Å². The molecular weight excluding hydrogens is 378 g/mol. The highest BCUT2D eigenvalue weighted by Gasteiger charge is 2.28. The Kier molecular flexibility index (Phi) is 6.04. The third-order valence-corrected chi connectivity index (χ3v) is 5.99. The van der Waals surface area contributed by atoms with Crippen LogP contribution in [-0.2, 0) is 4.79 Å². The lowest BCUT2D eigenvalue weighted by Crippen LogP contribution is -2.39. The standard InChI is InChI=1S/C20H25N3O4S/c1-13(18(24)21-14-8-4-2-3-5-9-14)28-20-23-22-19(27-20)17-12-25-15-10-6-7-11-16(15)26-17/h6-7,10-11,13-14,17H,2-5,8-9,12H2,1H3,(H,21,24)/t13-,17-/m1/s1. The van der Waals surface area contributed by atoms with Gasteiger partial charge in [0.1, 0.15) is 6.61 Å². The Morgan fingerprint density at radius 1 is 1.14 bits per heavy atom. The molecule has 1 aromatic carbocycles. The maximum absolute atomic E-state index is 12.5. The fourth-order valence-electron chi connectivity index (χ4n) is 3.49. The molecule has 4 rings (SSSR count). The van der Waals surface area contributed by atoms with E-state index in [2.05, 4.69) is 15.5 Å². The van der Waals surface area contributed by atoms with Crippen molar-refractivity contribution in [3.05, 3.63) is 30.2 Å². The van der Waals surface area contributed by atoms with Crippen LogP contribution in [0.3, 0.4) is 0 Å². The SMILES string of the molecule is C[C@@H](Sc1nnc([C@H]2COc3ccccc3O2)o1)C(=O)NC1CCCCCC1. The van der Waals surface area contributed by atoms with Crippen LogP contribution in [0.25, 0.3) is 0 Å². The number of aromatic nitrogens is 2. The number of amides is 1. The lowest BCUT2D eigenvalue weighted by Gasteiger charge is -2.23. The number of ether oxygens (including phenoxy) is 2. The molecule has 1 aromatic heterocycles. The number of nitrogens with one attached hydrogen (secondary N) is 1. The van der Waals surface area contributed by atoms with Crippen LogP contribution >= 0.6 is 11.8 Å². The molecule has 0 bridgehead atoms. The van der Waals surface area contributed by atoms with Crippen LogP contribution in [0.4, 0.5) is 0 Å². The van der Waals surface area contributed by atoms with Gasteiger partial charge in [-0.25, -0.2) is 0 Å². The van der Waals surface area contributed by atoms with Crippen LogP contribution in [0.2, 0.25) is 0 Å². The fourth-order valence-corrected chi connectivity index (χ4v) is 4.19. The van der Waals surface area contributed by atoms with Gasteiger partial charge < -0.3 is 19.2 Å². The van der Waals surface area contributed by atoms with Crippen molar-refractivity contribution in [2.75, 3.05) is 6.61 Å². The zero-order valence-corrected chi connectivity index (χ0v) is 16.7. The van der Waals surface area contributed by atoms with Crippen LogP contribution in [-0.4, -0.2) is 34.0 Å². The molecule has 2 heterocycles. The largest absolute Gasteiger partial charge is 0.485 e. The molecule has 2 atom stereocenters. The molecule has 28 heavy (non-hydrogen) atoms. The molecule has 0 unspecified atom stereocenters. The Bertz CT molecular complexity index is 804. The Morgan fingerprint density at radius 3 is 2.68 bits per heavy atom. The van der Waals surface area contributed by atoms with Gasteiger partial charge in [0.2, 0.25) is 12.0 Å². The van der Waals surface area contributed by atoms with Crippen molar-refractivity contribution in [2.24, 2.45) is 0 Å². The van der Waals surface area contributed by atoms with Gasteiger partial charge >= 0.3 is 0 Å². The minimum Gasteiger partial charge on any atom is -0.485 e. The molecular formula is C20H25N3O4S. The second-order valence-corrected chi connectivity index (χ2v) is 8.52. The molecule has 7 nitrogen and oxygen atoms in total. The van der Waals surface area contributed by atoms with Gasteiger partial charge in [-0.3, -0.25) is 4.79 Å². The van der Waals surface area contributed by atoms with Crippen molar-refractivity contribution in [3.8, 4) is 11.5 Å². The summed E-state index contributed by atoms with van der Waals surface area (Å²) in [4.78, 5) is 12.5. The second-order valence-electron chi connectivity index (χ2n) is 7.23. The molecule has 1 aliphatic heterocycles. The highest BCUT2D eigenvalue weighted by molar-refractivity contribution is 8.00. The van der Waals surface area contributed by atoms with Gasteiger partial charge in [-0.15, -0.1) is 10.2 Å². The smallest absolute Gasteiger partial charge is 0.277 e. The maximum atomic E-state index is 12.5. The van der Waals surface area contributed by atoms with E-state index in [1.165, 1.54) is 37.4 Å². The van der Waals surface area contributed by atoms with Gasteiger partial charge in [-0.2, -0.15) is 0 Å². The van der Waals surface area contributed by atoms with Crippen molar-refractivity contribution in [3.63, 3.8) is 0 Å². The molecule has 1 N–H and O–H groups in total. The topological polar surface area (TPSA) is 86.5 Å². The summed E-state index contributed by atoms with van der Waals surface area (Å²) in [5.74, 6) is 1.73. The third-order valence-electron chi connectivity index (χ3n) is 5.05. The fraction of sp³-hybridized carbons (Fsp3) is 0.550. The first-order chi connectivity index (χ1) is 13.7. The van der Waals surface area contributed by atoms with Crippen molar-refractivity contribution < 1.29 is 18.7 Å². The molecule has 0 saturated heterocycles. The first-order valence-electron chi connectivity index (χ1n) is 9.88. The number of carbonyl (C=O) groups excluding carboxylic acids is 1. The zero-order chi connectivity index (χ0) is 19.3. The highest BCUT2D eigenvalue weighted by atomic mass is 32.2. The van der Waals surface area contributed by atoms with Crippen LogP contribution < -0.4 is 14.8 Å². The molecule has 150 valence electrons. The molecule has 1 saturated carbocycles. The van der Waals surface area contributed by atoms with Crippen LogP contribution in [0.5, 0.6) is 11.5 Å². The van der Waals surface area contributed by atoms with E-state index >= 15 is 0 Å². The minimum absolute atomic E-state index is 0.0165. The van der Waals surface area contributed by atoms with E-state index in [1.54, 1.807) is 0 Å². The first kappa shape index (κ1) is 19.1. The lowest BCUT2D eigenvalue weighted by molar-refractivity contribution is -0.121. The predicted octanol–water partition coefficient (Wildman–Crippen LogP) is 3.90. The van der Waals surface area contributed by atoms with E-state index in [1.807, 2.05) is 31.2 Å². The van der Waals surface area contributed by atoms with Crippen molar-refractivity contribution in [1.82, 2.24) is 15.5 Å². The number of rotatable bonds is 5. The Balaban J connectivity index is 1.32. The normalized spacial score (nSPS) is 21.0. The van der Waals surface area contributed by atoms with Gasteiger partial charge in [-0.05, 0) is 31.9 Å². The molecule has 8 heteroatoms. The summed E-state index contributed by atoms with van der Waals surface area (Å²) in [7, 11) is 0. The third kappa shape index (κ3) is 4.60. The summed E-state index contributed by atoms with van der Waals surface area (Å²) in [6.45, 7) is 2.16. The van der Waals surface area contributed by atoms with E-state index < -0.39 is 6.10 Å². The Labute approximate surface area is 168 Å². The van der Waals surface area contributed by atoms with Crippen molar-refractivity contribution in [1.29, 1.82) is 0 Å². The molecule has 1 amide bonds. The number of hydrogen-bond donors (Lipinski definition) is 1. The van der Waals surface area contributed by atoms with E-state index in [4.69, 9.17) is 13.9 Å². The highest BCUT2D eigenvalue weighted by Crippen LogP contribution is 2.36. The summed E-state index contributed by atoms with van der Waals surface area (Å²) in [6, 6.07) is 7.76. The van der Waals surface area contributed by atoms with Gasteiger partial charge in [-0.1, -0.05) is 49.6 Å². The summed E-state index contributed by atoms with van der Waals surface area (Å²) < 4.78 is 17.3. The van der Waals surface area contributed by atoms with Gasteiger partial charge in [0, 0.05) is 6.04 Å². The van der Waals surface area contributed by atoms with Crippen LogP contribution in [0.1, 0.15) is 57.4 Å². The van der Waals surface area contributed by atoms with E-state index in [0.717, 1.165) is 12.8 Å². The average molecular weight is 404 g/mol. The average Bonchev–Trinajstić information content (AvgIpc) is 3.03. The maximum Gasteiger partial charge on any atom is 0.277 e. The number of hydrogen-bond acceptors (Lipinski definition) is 7. The van der Waals surface area contributed by atoms with Crippen LogP contribution in [0, 0.1) is 0 Å². The minimum atomic E-state index is -0.452. The molecule has 1 aliphatic carbocycles. The molecule has 2 aromatic rings. The van der Waals surface area contributed by atoms with E-state index in [-0.39, 0.29) is 17.2 Å². The molecule has 0 radical (unpaired) electrons. The quantitative estimate of drug-likeness (QED) is 0.598. The van der Waals surface area contributed by atoms with E-state index in [9.17, 15) is 4.79 Å². The monoisotopic (exact) mass is 403 g/mol. The Hall–Kier alpha value is -2.22. The number of carbonyl (C=O) groups is 1. The summed E-state index contributed by atoms with van der Waals surface area (Å²) in [5, 5.41) is 11.4. The summed E-state index contributed by atoms with van der Waals surface area (Å²) >= 11 is 1.27. The van der Waals surface area contributed by atoms with Crippen LogP contribution in [0.15, 0.2) is 33.9 Å². The van der Waals surface area contributed by atoms with Crippen molar-refractivity contribution in [2.45, 2.75) is 68.1 Å². The zero-order valence-electron chi connectivity index (χ0n) is 15.9. The number of benzene rings is 1. The number of fused-ring (bicyclic) bond motifs is 1. The van der Waals surface area contributed by atoms with E-state index in [0.29, 0.717) is 29.2 Å². The summed E-state index contributed by atoms with van der Waals surface area (Å²) in [6.07, 6.45) is 6.57. The molecule has 2 aliphatic rings. The molecule has 0 spiro atoms. The Morgan fingerprint density at radius 2 is 1.89 bits per heavy atom. The van der Waals surface area contributed by atoms with Crippen molar-refractivity contribution >= 4 is 17.7 Å². The number of thioether (sulfide) groups is 1. The molecule has 1 fully saturated rings. The van der Waals surface area contributed by atoms with Gasteiger partial charge in [0.15, 0.2) is 11.5 Å².